The van der Waals surface area contributed by atoms with Gasteiger partial charge in [0.2, 0.25) is 34.1 Å². The predicted octanol–water partition coefficient (Wildman–Crippen LogP) is 4.26. The average molecular weight is 845 g/mol. The van der Waals surface area contributed by atoms with Crippen molar-refractivity contribution in [2.45, 2.75) is 133 Å². The van der Waals surface area contributed by atoms with E-state index >= 15 is 0 Å². The second kappa shape index (κ2) is 15.3. The minimum absolute atomic E-state index is 0.180. The van der Waals surface area contributed by atoms with Crippen LogP contribution in [-0.4, -0.2) is 102 Å². The lowest BCUT2D eigenvalue weighted by atomic mass is 9.85. The van der Waals surface area contributed by atoms with Crippen LogP contribution in [0.1, 0.15) is 91.2 Å². The van der Waals surface area contributed by atoms with Crippen LogP contribution in [0.25, 0.3) is 11.0 Å². The van der Waals surface area contributed by atoms with Gasteiger partial charge in [0, 0.05) is 12.0 Å². The minimum atomic E-state index is -4.14. The number of halogens is 2. The summed E-state index contributed by atoms with van der Waals surface area (Å²) in [6, 6.07) is 2.73. The van der Waals surface area contributed by atoms with Crippen LogP contribution in [0.15, 0.2) is 18.2 Å². The third-order valence-electron chi connectivity index (χ3n) is 13.4. The zero-order valence-electron chi connectivity index (χ0n) is 34.0. The second-order valence-corrected chi connectivity index (χ2v) is 20.6. The molecule has 2 aromatic rings. The Morgan fingerprint density at radius 3 is 2.46 bits per heavy atom. The molecule has 0 radical (unpaired) electrons. The van der Waals surface area contributed by atoms with Crippen LogP contribution in [0.3, 0.4) is 0 Å². The van der Waals surface area contributed by atoms with E-state index in [1.165, 1.54) is 12.0 Å². The fourth-order valence-electron chi connectivity index (χ4n) is 9.63. The van der Waals surface area contributed by atoms with Gasteiger partial charge in [-0.2, -0.15) is 0 Å². The summed E-state index contributed by atoms with van der Waals surface area (Å²) in [7, 11) is -2.60. The van der Waals surface area contributed by atoms with E-state index in [-0.39, 0.29) is 24.4 Å². The number of hydrogen-bond donors (Lipinski definition) is 3. The molecule has 15 nitrogen and oxygen atoms in total. The maximum Gasteiger partial charge on any atom is 0.408 e. The number of alkyl carbamates (subject to hydrolysis) is 1. The van der Waals surface area contributed by atoms with Gasteiger partial charge in [-0.05, 0) is 86.7 Å². The molecular formula is C41H54F2N6O9S. The molecule has 322 valence electrons. The topological polar surface area (TPSA) is 195 Å². The highest BCUT2D eigenvalue weighted by molar-refractivity contribution is 7.91. The van der Waals surface area contributed by atoms with Crippen LogP contribution in [0.2, 0.25) is 0 Å². The zero-order chi connectivity index (χ0) is 42.2. The summed E-state index contributed by atoms with van der Waals surface area (Å²) in [5, 5.41) is 4.48. The van der Waals surface area contributed by atoms with Gasteiger partial charge in [-0.15, -0.1) is 0 Å². The first-order chi connectivity index (χ1) is 27.9. The summed E-state index contributed by atoms with van der Waals surface area (Å²) in [5.74, 6) is -3.33. The Morgan fingerprint density at radius 2 is 1.78 bits per heavy atom. The number of methoxy groups -OCH3 is 1. The minimum Gasteiger partial charge on any atom is -0.497 e. The molecule has 1 aromatic heterocycles. The number of alkyl halides is 2. The number of ether oxygens (including phenoxy) is 3. The van der Waals surface area contributed by atoms with E-state index < -0.39 is 92.9 Å². The molecule has 10 atom stereocenters. The SMILES string of the molecule is COc1ccc2nc3c(nc2c1)O[C@H]1CN(C(=O)[C@H](C(C)(C)C)NC(=O)O[C@@H]2C[C@@H]4C[C@@H]4[C@H]2CCCCC3)[C@H](C(=O)N[C@@]2(C(=O)NS(=O)(=O)C3CC3)C[C@H]2C(F)F)[C@@H]1C. The Kier molecular flexibility index (Phi) is 10.7. The molecule has 6 aliphatic rings. The lowest BCUT2D eigenvalue weighted by Crippen LogP contribution is -2.61. The first-order valence-electron chi connectivity index (χ1n) is 20.9. The number of aryl methyl sites for hydroxylation is 1. The van der Waals surface area contributed by atoms with Crippen molar-refractivity contribution in [1.82, 2.24) is 30.2 Å². The maximum absolute atomic E-state index is 14.9. The van der Waals surface area contributed by atoms with Gasteiger partial charge in [0.1, 0.15) is 41.3 Å². The van der Waals surface area contributed by atoms with Crippen LogP contribution < -0.4 is 24.8 Å². The zero-order valence-corrected chi connectivity index (χ0v) is 34.9. The molecule has 59 heavy (non-hydrogen) atoms. The Bertz CT molecular complexity index is 2130. The van der Waals surface area contributed by atoms with Crippen molar-refractivity contribution >= 4 is 44.9 Å². The normalized spacial score (nSPS) is 33.6. The van der Waals surface area contributed by atoms with Gasteiger partial charge in [0.05, 0.1) is 35.9 Å². The van der Waals surface area contributed by atoms with Crippen LogP contribution in [0.4, 0.5) is 13.6 Å². The van der Waals surface area contributed by atoms with Crippen LogP contribution in [-0.2, 0) is 35.6 Å². The fourth-order valence-corrected chi connectivity index (χ4v) is 11.0. The van der Waals surface area contributed by atoms with Crippen LogP contribution in [0, 0.1) is 35.0 Å². The van der Waals surface area contributed by atoms with E-state index in [2.05, 4.69) is 10.6 Å². The summed E-state index contributed by atoms with van der Waals surface area (Å²) in [5.41, 5.74) is -1.41. The van der Waals surface area contributed by atoms with Crippen molar-refractivity contribution in [2.24, 2.45) is 35.0 Å². The first-order valence-corrected chi connectivity index (χ1v) is 22.4. The Labute approximate surface area is 342 Å². The lowest BCUT2D eigenvalue weighted by molar-refractivity contribution is -0.143. The van der Waals surface area contributed by atoms with Gasteiger partial charge in [-0.25, -0.2) is 32.0 Å². The number of rotatable bonds is 7. The van der Waals surface area contributed by atoms with E-state index in [9.17, 15) is 36.4 Å². The van der Waals surface area contributed by atoms with E-state index in [4.69, 9.17) is 24.2 Å². The van der Waals surface area contributed by atoms with Gasteiger partial charge in [-0.1, -0.05) is 40.5 Å². The molecule has 1 aromatic carbocycles. The van der Waals surface area contributed by atoms with E-state index in [1.807, 2.05) is 10.8 Å². The number of carbonyl (C=O) groups is 4. The highest BCUT2D eigenvalue weighted by atomic mass is 32.2. The standard InChI is InChI=1S/C41H54F2N6O9S/c1-20-31-19-49(32(20)35(50)47-41(18-26(41)34(42)43)38(52)48-59(54,55)23-12-13-23)37(51)33(40(2,3)4)46-39(53)58-30-16-21-15-25(21)24(30)9-7-6-8-10-28-36(57-31)45-29-17-22(56-5)11-14-27(29)44-28/h11,14,17,20-21,23-26,30-34H,6-10,12-13,15-16,18-19H2,1-5H3,(H,46,53)(H,47,50)(H,48,52)/t20-,21+,24-,25+,26+,30-,31+,32+,33-,41+/m1/s1. The Hall–Kier alpha value is -4.35. The van der Waals surface area contributed by atoms with Crippen LogP contribution in [0.5, 0.6) is 11.6 Å². The number of sulfonamides is 1. The number of amides is 4. The number of hydrogen-bond acceptors (Lipinski definition) is 11. The first kappa shape index (κ1) is 41.4. The van der Waals surface area contributed by atoms with Gasteiger partial charge >= 0.3 is 6.09 Å². The number of aromatic nitrogens is 2. The molecule has 4 amide bonds. The summed E-state index contributed by atoms with van der Waals surface area (Å²) in [6.45, 7) is 6.78. The van der Waals surface area contributed by atoms with Crippen molar-refractivity contribution in [2.75, 3.05) is 13.7 Å². The van der Waals surface area contributed by atoms with Gasteiger partial charge in [-0.3, -0.25) is 19.1 Å². The maximum atomic E-state index is 14.9. The summed E-state index contributed by atoms with van der Waals surface area (Å²) >= 11 is 0. The molecule has 18 heteroatoms. The molecule has 5 fully saturated rings. The third kappa shape index (κ3) is 8.13. The molecule has 4 aliphatic carbocycles. The number of nitrogens with one attached hydrogen (secondary N) is 3. The largest absolute Gasteiger partial charge is 0.497 e. The van der Waals surface area contributed by atoms with Gasteiger partial charge < -0.3 is 29.7 Å². The number of carbonyl (C=O) groups excluding carboxylic acids is 4. The van der Waals surface area contributed by atoms with Crippen molar-refractivity contribution in [3.63, 3.8) is 0 Å². The molecular weight excluding hydrogens is 791 g/mol. The smallest absolute Gasteiger partial charge is 0.408 e. The van der Waals surface area contributed by atoms with Crippen molar-refractivity contribution < 1.29 is 50.6 Å². The second-order valence-electron chi connectivity index (χ2n) is 18.6. The third-order valence-corrected chi connectivity index (χ3v) is 15.2. The summed E-state index contributed by atoms with van der Waals surface area (Å²) < 4.78 is 74.2. The lowest BCUT2D eigenvalue weighted by Gasteiger charge is -2.36. The molecule has 0 unspecified atom stereocenters. The molecule has 4 saturated carbocycles. The molecule has 3 heterocycles. The molecule has 1 saturated heterocycles. The average Bonchev–Trinajstić information content (AvgIpc) is 4.09. The Morgan fingerprint density at radius 1 is 1.02 bits per heavy atom. The summed E-state index contributed by atoms with van der Waals surface area (Å²) in [4.78, 5) is 67.7. The highest BCUT2D eigenvalue weighted by Gasteiger charge is 2.67. The van der Waals surface area contributed by atoms with Crippen molar-refractivity contribution in [3.05, 3.63) is 23.9 Å². The fraction of sp³-hybridized carbons (Fsp3) is 0.707. The number of benzene rings is 1. The van der Waals surface area contributed by atoms with Gasteiger partial charge in [0.25, 0.3) is 5.91 Å². The van der Waals surface area contributed by atoms with Crippen LogP contribution >= 0.6 is 0 Å². The van der Waals surface area contributed by atoms with E-state index in [0.29, 0.717) is 53.6 Å². The van der Waals surface area contributed by atoms with Crippen molar-refractivity contribution in [3.8, 4) is 11.6 Å². The van der Waals surface area contributed by atoms with Crippen molar-refractivity contribution in [1.29, 1.82) is 0 Å². The Balaban J connectivity index is 1.15. The molecule has 2 aliphatic heterocycles. The molecule has 0 spiro atoms. The quantitative estimate of drug-likeness (QED) is 0.361. The highest BCUT2D eigenvalue weighted by Crippen LogP contribution is 2.58. The predicted molar refractivity (Wildman–Crippen MR) is 209 cm³/mol. The number of fused-ring (bicyclic) bond motifs is 7. The van der Waals surface area contributed by atoms with Gasteiger partial charge in [0.15, 0.2) is 0 Å². The van der Waals surface area contributed by atoms with E-state index in [1.54, 1.807) is 39.8 Å². The monoisotopic (exact) mass is 844 g/mol. The molecule has 2 bridgehead atoms. The summed E-state index contributed by atoms with van der Waals surface area (Å²) in [6.07, 6.45) is 1.07. The van der Waals surface area contributed by atoms with E-state index in [0.717, 1.165) is 38.5 Å². The number of nitrogens with zero attached hydrogens (tertiary/aromatic N) is 3. The molecule has 3 N–H and O–H groups in total. The molecule has 8 rings (SSSR count).